The second kappa shape index (κ2) is 10.6. The first-order chi connectivity index (χ1) is 17.9. The standard InChI is InChI=1S/C23H22F7N3O5S/c24-15-3-6-17(7-4-15)39(37,38)33-16(12-20(35)32-10-9-19(31)34)5-1-13-11-14(2-8-18(13)33)21(36,22(25,26)27)23(28,29)30/h2-4,6-8,11,16,36H,1,5,9-10,12H2,(H2,31,34)(H,32,35)/t16-/m0/s1. The number of anilines is 1. The summed E-state index contributed by atoms with van der Waals surface area (Å²) in [6, 6.07) is 3.74. The van der Waals surface area contributed by atoms with E-state index in [0.29, 0.717) is 22.5 Å². The van der Waals surface area contributed by atoms with Crippen LogP contribution in [-0.2, 0) is 31.6 Å². The van der Waals surface area contributed by atoms with Crippen LogP contribution in [0.25, 0.3) is 0 Å². The summed E-state index contributed by atoms with van der Waals surface area (Å²) in [6.45, 7) is -0.154. The third-order valence-corrected chi connectivity index (χ3v) is 8.00. The molecule has 0 aliphatic carbocycles. The molecule has 2 aromatic rings. The maximum Gasteiger partial charge on any atom is 0.430 e. The molecule has 16 heteroatoms. The predicted octanol–water partition coefficient (Wildman–Crippen LogP) is 3.03. The number of carbonyl (C=O) groups is 2. The molecule has 1 aliphatic heterocycles. The van der Waals surface area contributed by atoms with E-state index in [4.69, 9.17) is 5.73 Å². The Morgan fingerprint density at radius 1 is 1.03 bits per heavy atom. The Labute approximate surface area is 217 Å². The fraction of sp³-hybridized carbons (Fsp3) is 0.391. The minimum atomic E-state index is -6.15. The molecule has 3 rings (SSSR count). The van der Waals surface area contributed by atoms with Crippen LogP contribution in [0.5, 0.6) is 0 Å². The molecule has 2 aromatic carbocycles. The lowest BCUT2D eigenvalue weighted by Crippen LogP contribution is -2.54. The summed E-state index contributed by atoms with van der Waals surface area (Å²) in [7, 11) is -4.62. The van der Waals surface area contributed by atoms with Gasteiger partial charge in [0, 0.05) is 24.9 Å². The van der Waals surface area contributed by atoms with Gasteiger partial charge in [-0.2, -0.15) is 26.3 Å². The molecule has 0 saturated carbocycles. The highest BCUT2D eigenvalue weighted by atomic mass is 32.2. The Balaban J connectivity index is 2.10. The minimum absolute atomic E-state index is 0.154. The van der Waals surface area contributed by atoms with E-state index in [9.17, 15) is 53.8 Å². The zero-order valence-corrected chi connectivity index (χ0v) is 20.6. The van der Waals surface area contributed by atoms with Crippen molar-refractivity contribution in [3.63, 3.8) is 0 Å². The van der Waals surface area contributed by atoms with Crippen LogP contribution in [0.2, 0.25) is 0 Å². The molecule has 39 heavy (non-hydrogen) atoms. The monoisotopic (exact) mass is 585 g/mol. The number of carbonyl (C=O) groups excluding carboxylic acids is 2. The number of benzene rings is 2. The first-order valence-electron chi connectivity index (χ1n) is 11.2. The molecular formula is C23H22F7N3O5S. The van der Waals surface area contributed by atoms with Gasteiger partial charge in [0.1, 0.15) is 5.82 Å². The zero-order chi connectivity index (χ0) is 29.4. The van der Waals surface area contributed by atoms with E-state index in [1.165, 1.54) is 0 Å². The van der Waals surface area contributed by atoms with Crippen LogP contribution in [0, 0.1) is 5.82 Å². The van der Waals surface area contributed by atoms with Gasteiger partial charge in [-0.1, -0.05) is 12.1 Å². The number of aryl methyl sites for hydroxylation is 1. The van der Waals surface area contributed by atoms with Crippen LogP contribution in [-0.4, -0.2) is 50.3 Å². The Morgan fingerprint density at radius 2 is 1.62 bits per heavy atom. The van der Waals surface area contributed by atoms with Crippen molar-refractivity contribution < 1.29 is 53.8 Å². The van der Waals surface area contributed by atoms with Crippen molar-refractivity contribution in [2.45, 2.75) is 54.6 Å². The second-order valence-electron chi connectivity index (χ2n) is 8.77. The maximum atomic E-state index is 13.6. The van der Waals surface area contributed by atoms with Gasteiger partial charge >= 0.3 is 12.4 Å². The van der Waals surface area contributed by atoms with Crippen molar-refractivity contribution in [2.75, 3.05) is 10.8 Å². The quantitative estimate of drug-likeness (QED) is 0.411. The van der Waals surface area contributed by atoms with E-state index >= 15 is 0 Å². The van der Waals surface area contributed by atoms with Crippen LogP contribution >= 0.6 is 0 Å². The third-order valence-electron chi connectivity index (χ3n) is 6.12. The number of nitrogens with zero attached hydrogens (tertiary/aromatic N) is 1. The van der Waals surface area contributed by atoms with Gasteiger partial charge in [0.2, 0.25) is 11.8 Å². The van der Waals surface area contributed by atoms with Crippen LogP contribution in [0.15, 0.2) is 47.4 Å². The Hall–Kier alpha value is -3.40. The van der Waals surface area contributed by atoms with Crippen molar-refractivity contribution in [1.82, 2.24) is 5.32 Å². The molecule has 0 spiro atoms. The first kappa shape index (κ1) is 30.1. The highest BCUT2D eigenvalue weighted by Gasteiger charge is 2.71. The summed E-state index contributed by atoms with van der Waals surface area (Å²) in [5.74, 6) is -2.19. The number of aliphatic hydroxyl groups is 1. The Bertz CT molecular complexity index is 1330. The second-order valence-corrected chi connectivity index (χ2v) is 10.6. The lowest BCUT2D eigenvalue weighted by Gasteiger charge is -2.39. The van der Waals surface area contributed by atoms with Gasteiger partial charge < -0.3 is 16.2 Å². The molecule has 8 nitrogen and oxygen atoms in total. The molecule has 1 heterocycles. The topological polar surface area (TPSA) is 130 Å². The number of fused-ring (bicyclic) bond motifs is 1. The predicted molar refractivity (Wildman–Crippen MR) is 122 cm³/mol. The van der Waals surface area contributed by atoms with Gasteiger partial charge in [0.05, 0.1) is 16.6 Å². The number of nitrogens with one attached hydrogen (secondary N) is 1. The Kier molecular flexibility index (Phi) is 8.22. The molecule has 2 amide bonds. The number of hydrogen-bond donors (Lipinski definition) is 3. The van der Waals surface area contributed by atoms with Gasteiger partial charge in [-0.3, -0.25) is 13.9 Å². The van der Waals surface area contributed by atoms with Gasteiger partial charge in [0.15, 0.2) is 0 Å². The number of primary amides is 1. The fourth-order valence-electron chi connectivity index (χ4n) is 4.19. The summed E-state index contributed by atoms with van der Waals surface area (Å²) in [4.78, 5) is 22.9. The summed E-state index contributed by atoms with van der Waals surface area (Å²) >= 11 is 0. The zero-order valence-electron chi connectivity index (χ0n) is 19.8. The van der Waals surface area contributed by atoms with Crippen molar-refractivity contribution >= 4 is 27.5 Å². The average Bonchev–Trinajstić information content (AvgIpc) is 2.81. The molecule has 0 aromatic heterocycles. The van der Waals surface area contributed by atoms with Gasteiger partial charge in [-0.25, -0.2) is 12.8 Å². The van der Waals surface area contributed by atoms with E-state index in [1.54, 1.807) is 0 Å². The highest BCUT2D eigenvalue weighted by Crippen LogP contribution is 2.51. The Morgan fingerprint density at radius 3 is 2.15 bits per heavy atom. The number of rotatable bonds is 8. The number of sulfonamides is 1. The van der Waals surface area contributed by atoms with E-state index in [-0.39, 0.29) is 37.1 Å². The summed E-state index contributed by atoms with van der Waals surface area (Å²) < 4.78 is 122. The van der Waals surface area contributed by atoms with Gasteiger partial charge in [-0.05, 0) is 48.7 Å². The van der Waals surface area contributed by atoms with Crippen LogP contribution in [0.3, 0.4) is 0 Å². The normalized spacial score (nSPS) is 16.5. The molecule has 4 N–H and O–H groups in total. The number of hydrogen-bond acceptors (Lipinski definition) is 5. The molecule has 0 saturated heterocycles. The van der Waals surface area contributed by atoms with E-state index in [2.05, 4.69) is 5.32 Å². The smallest absolute Gasteiger partial charge is 0.370 e. The number of nitrogens with two attached hydrogens (primary N) is 1. The minimum Gasteiger partial charge on any atom is -0.370 e. The number of halogens is 7. The van der Waals surface area contributed by atoms with Crippen molar-refractivity contribution in [3.8, 4) is 0 Å². The largest absolute Gasteiger partial charge is 0.430 e. The first-order valence-corrected chi connectivity index (χ1v) is 12.7. The van der Waals surface area contributed by atoms with Gasteiger partial charge in [-0.15, -0.1) is 0 Å². The van der Waals surface area contributed by atoms with Crippen molar-refractivity contribution in [3.05, 3.63) is 59.4 Å². The van der Waals surface area contributed by atoms with E-state index < -0.39 is 68.5 Å². The van der Waals surface area contributed by atoms with Gasteiger partial charge in [0.25, 0.3) is 15.6 Å². The van der Waals surface area contributed by atoms with Crippen LogP contribution < -0.4 is 15.4 Å². The van der Waals surface area contributed by atoms with Crippen LogP contribution in [0.4, 0.5) is 36.4 Å². The number of alkyl halides is 6. The number of amides is 2. The van der Waals surface area contributed by atoms with E-state index in [0.717, 1.165) is 24.3 Å². The van der Waals surface area contributed by atoms with Crippen LogP contribution in [0.1, 0.15) is 30.4 Å². The molecule has 1 atom stereocenters. The van der Waals surface area contributed by atoms with Crippen molar-refractivity contribution in [1.29, 1.82) is 0 Å². The molecule has 214 valence electrons. The van der Waals surface area contributed by atoms with E-state index in [1.807, 2.05) is 0 Å². The van der Waals surface area contributed by atoms with Crippen molar-refractivity contribution in [2.24, 2.45) is 5.73 Å². The maximum absolute atomic E-state index is 13.6. The SMILES string of the molecule is NC(=O)CCNC(=O)C[C@@H]1CCc2cc(C(O)(C(F)(F)F)C(F)(F)F)ccc2N1S(=O)(=O)c1ccc(F)cc1. The average molecular weight is 585 g/mol. The molecule has 1 aliphatic rings. The third kappa shape index (κ3) is 5.95. The molecule has 0 unspecified atom stereocenters. The molecule has 0 fully saturated rings. The summed E-state index contributed by atoms with van der Waals surface area (Å²) in [6.07, 6.45) is -13.5. The highest BCUT2D eigenvalue weighted by molar-refractivity contribution is 7.92. The molecule has 0 radical (unpaired) electrons. The summed E-state index contributed by atoms with van der Waals surface area (Å²) in [5, 5.41) is 12.1. The summed E-state index contributed by atoms with van der Waals surface area (Å²) in [5.41, 5.74) is -2.38. The lowest BCUT2D eigenvalue weighted by molar-refractivity contribution is -0.376. The fourth-order valence-corrected chi connectivity index (χ4v) is 5.91. The molecular weight excluding hydrogens is 563 g/mol. The molecule has 0 bridgehead atoms. The lowest BCUT2D eigenvalue weighted by atomic mass is 9.87.